The summed E-state index contributed by atoms with van der Waals surface area (Å²) in [5.41, 5.74) is 0.222. The summed E-state index contributed by atoms with van der Waals surface area (Å²) in [5.74, 6) is -0.399. The Morgan fingerprint density at radius 3 is 2.71 bits per heavy atom. The van der Waals surface area contributed by atoms with E-state index < -0.39 is 6.10 Å². The Hall–Kier alpha value is -1.59. The second kappa shape index (κ2) is 6.22. The van der Waals surface area contributed by atoms with Gasteiger partial charge in [-0.3, -0.25) is 4.79 Å². The molecule has 0 radical (unpaired) electrons. The number of para-hydroxylation sites is 1. The monoisotopic (exact) mass is 239 g/mol. The van der Waals surface area contributed by atoms with E-state index in [-0.39, 0.29) is 30.4 Å². The molecule has 0 heterocycles. The van der Waals surface area contributed by atoms with Crippen LogP contribution in [-0.2, 0) is 4.74 Å². The first-order valence-corrected chi connectivity index (χ1v) is 5.26. The molecule has 2 N–H and O–H groups in total. The van der Waals surface area contributed by atoms with E-state index >= 15 is 0 Å². The number of phenols is 1. The molecule has 0 saturated carbocycles. The molecule has 1 rings (SSSR count). The quantitative estimate of drug-likeness (QED) is 0.783. The van der Waals surface area contributed by atoms with E-state index in [1.54, 1.807) is 19.2 Å². The van der Waals surface area contributed by atoms with E-state index in [1.165, 1.54) is 24.1 Å². The molecule has 0 aliphatic carbocycles. The van der Waals surface area contributed by atoms with Crippen molar-refractivity contribution in [1.82, 2.24) is 4.90 Å². The number of rotatable bonds is 5. The third kappa shape index (κ3) is 3.72. The van der Waals surface area contributed by atoms with Crippen LogP contribution in [0.2, 0.25) is 0 Å². The molecule has 0 bridgehead atoms. The van der Waals surface area contributed by atoms with E-state index in [0.717, 1.165) is 0 Å². The smallest absolute Gasteiger partial charge is 0.257 e. The molecule has 0 spiro atoms. The molecule has 0 saturated heterocycles. The van der Waals surface area contributed by atoms with Gasteiger partial charge in [-0.2, -0.15) is 0 Å². The summed E-state index contributed by atoms with van der Waals surface area (Å²) in [4.78, 5) is 13.3. The highest BCUT2D eigenvalue weighted by molar-refractivity contribution is 5.96. The normalized spacial score (nSPS) is 12.2. The Labute approximate surface area is 100 Å². The Morgan fingerprint density at radius 1 is 1.47 bits per heavy atom. The van der Waals surface area contributed by atoms with Crippen LogP contribution in [0, 0.1) is 0 Å². The molecule has 1 amide bonds. The fourth-order valence-electron chi connectivity index (χ4n) is 1.50. The first-order valence-electron chi connectivity index (χ1n) is 5.26. The zero-order valence-electron chi connectivity index (χ0n) is 9.96. The molecule has 5 nitrogen and oxygen atoms in total. The van der Waals surface area contributed by atoms with Crippen molar-refractivity contribution in [2.75, 3.05) is 27.3 Å². The van der Waals surface area contributed by atoms with Crippen LogP contribution in [0.5, 0.6) is 5.75 Å². The summed E-state index contributed by atoms with van der Waals surface area (Å²) in [7, 11) is 3.04. The minimum Gasteiger partial charge on any atom is -0.507 e. The second-order valence-corrected chi connectivity index (χ2v) is 3.81. The van der Waals surface area contributed by atoms with Crippen LogP contribution in [0.4, 0.5) is 0 Å². The molecule has 5 heteroatoms. The van der Waals surface area contributed by atoms with Gasteiger partial charge in [-0.25, -0.2) is 0 Å². The minimum atomic E-state index is -0.736. The first-order chi connectivity index (χ1) is 8.06. The Bertz CT molecular complexity index is 381. The lowest BCUT2D eigenvalue weighted by atomic mass is 10.1. The van der Waals surface area contributed by atoms with Gasteiger partial charge in [0.1, 0.15) is 5.75 Å². The van der Waals surface area contributed by atoms with Crippen molar-refractivity contribution < 1.29 is 19.7 Å². The lowest BCUT2D eigenvalue weighted by Crippen LogP contribution is -2.36. The number of ether oxygens (including phenoxy) is 1. The van der Waals surface area contributed by atoms with E-state index in [4.69, 9.17) is 4.74 Å². The van der Waals surface area contributed by atoms with Crippen LogP contribution >= 0.6 is 0 Å². The zero-order chi connectivity index (χ0) is 12.8. The van der Waals surface area contributed by atoms with Crippen LogP contribution in [0.1, 0.15) is 10.4 Å². The van der Waals surface area contributed by atoms with Gasteiger partial charge < -0.3 is 19.8 Å². The summed E-state index contributed by atoms with van der Waals surface area (Å²) >= 11 is 0. The summed E-state index contributed by atoms with van der Waals surface area (Å²) < 4.78 is 4.78. The molecule has 94 valence electrons. The number of nitrogens with zero attached hydrogens (tertiary/aromatic N) is 1. The fraction of sp³-hybridized carbons (Fsp3) is 0.417. The summed E-state index contributed by atoms with van der Waals surface area (Å²) in [5, 5.41) is 19.0. The van der Waals surface area contributed by atoms with Gasteiger partial charge >= 0.3 is 0 Å². The van der Waals surface area contributed by atoms with Crippen LogP contribution < -0.4 is 0 Å². The molecule has 17 heavy (non-hydrogen) atoms. The molecule has 0 aliphatic heterocycles. The van der Waals surface area contributed by atoms with E-state index in [1.807, 2.05) is 0 Å². The van der Waals surface area contributed by atoms with Crippen LogP contribution in [-0.4, -0.2) is 54.4 Å². The molecule has 0 aromatic heterocycles. The fourth-order valence-corrected chi connectivity index (χ4v) is 1.50. The maximum absolute atomic E-state index is 11.9. The van der Waals surface area contributed by atoms with Crippen molar-refractivity contribution in [3.8, 4) is 5.75 Å². The van der Waals surface area contributed by atoms with Gasteiger partial charge in [-0.05, 0) is 12.1 Å². The van der Waals surface area contributed by atoms with Crippen molar-refractivity contribution in [3.63, 3.8) is 0 Å². The number of benzene rings is 1. The highest BCUT2D eigenvalue weighted by Crippen LogP contribution is 2.17. The molecule has 1 aromatic carbocycles. The van der Waals surface area contributed by atoms with Crippen molar-refractivity contribution in [1.29, 1.82) is 0 Å². The predicted octanol–water partition coefficient (Wildman–Crippen LogP) is 0.471. The number of aliphatic hydroxyl groups excluding tert-OH is 1. The number of amides is 1. The molecule has 0 aliphatic rings. The van der Waals surface area contributed by atoms with Crippen molar-refractivity contribution >= 4 is 5.91 Å². The lowest BCUT2D eigenvalue weighted by molar-refractivity contribution is 0.0379. The number of aromatic hydroxyl groups is 1. The van der Waals surface area contributed by atoms with Crippen LogP contribution in [0.15, 0.2) is 24.3 Å². The molecule has 0 fully saturated rings. The lowest BCUT2D eigenvalue weighted by Gasteiger charge is -2.20. The van der Waals surface area contributed by atoms with Gasteiger partial charge in [-0.15, -0.1) is 0 Å². The number of methoxy groups -OCH3 is 1. The maximum atomic E-state index is 11.9. The van der Waals surface area contributed by atoms with Gasteiger partial charge in [-0.1, -0.05) is 12.1 Å². The highest BCUT2D eigenvalue weighted by Gasteiger charge is 2.17. The highest BCUT2D eigenvalue weighted by atomic mass is 16.5. The van der Waals surface area contributed by atoms with Gasteiger partial charge in [0.05, 0.1) is 18.3 Å². The number of phenolic OH excluding ortho intramolecular Hbond substituents is 1. The maximum Gasteiger partial charge on any atom is 0.257 e. The third-order valence-electron chi connectivity index (χ3n) is 2.32. The Morgan fingerprint density at radius 2 is 2.12 bits per heavy atom. The topological polar surface area (TPSA) is 70.0 Å². The van der Waals surface area contributed by atoms with E-state index in [0.29, 0.717) is 0 Å². The molecule has 1 aromatic rings. The minimum absolute atomic E-state index is 0.0643. The standard InChI is InChI=1S/C12H17NO4/c1-13(7-9(14)8-17-2)12(16)10-5-3-4-6-11(10)15/h3-6,9,14-15H,7-8H2,1-2H3. The number of carbonyl (C=O) groups excluding carboxylic acids is 1. The number of hydrogen-bond acceptors (Lipinski definition) is 4. The van der Waals surface area contributed by atoms with E-state index in [2.05, 4.69) is 0 Å². The van der Waals surface area contributed by atoms with Gasteiger partial charge in [0.25, 0.3) is 5.91 Å². The van der Waals surface area contributed by atoms with Crippen molar-refractivity contribution in [3.05, 3.63) is 29.8 Å². The second-order valence-electron chi connectivity index (χ2n) is 3.81. The van der Waals surface area contributed by atoms with Gasteiger partial charge in [0, 0.05) is 20.7 Å². The molecule has 1 unspecified atom stereocenters. The average Bonchev–Trinajstić information content (AvgIpc) is 2.29. The van der Waals surface area contributed by atoms with Crippen molar-refractivity contribution in [2.24, 2.45) is 0 Å². The summed E-state index contributed by atoms with van der Waals surface area (Å²) in [6.07, 6.45) is -0.736. The predicted molar refractivity (Wildman–Crippen MR) is 63.0 cm³/mol. The number of likely N-dealkylation sites (N-methyl/N-ethyl adjacent to an activating group) is 1. The Kier molecular flexibility index (Phi) is 4.93. The molecular formula is C12H17NO4. The van der Waals surface area contributed by atoms with Crippen LogP contribution in [0.3, 0.4) is 0 Å². The van der Waals surface area contributed by atoms with Gasteiger partial charge in [0.15, 0.2) is 0 Å². The number of aliphatic hydroxyl groups is 1. The largest absolute Gasteiger partial charge is 0.507 e. The van der Waals surface area contributed by atoms with Crippen LogP contribution in [0.25, 0.3) is 0 Å². The molecular weight excluding hydrogens is 222 g/mol. The van der Waals surface area contributed by atoms with E-state index in [9.17, 15) is 15.0 Å². The van der Waals surface area contributed by atoms with Crippen molar-refractivity contribution in [2.45, 2.75) is 6.10 Å². The zero-order valence-corrected chi connectivity index (χ0v) is 9.96. The summed E-state index contributed by atoms with van der Waals surface area (Å²) in [6.45, 7) is 0.319. The molecule has 1 atom stereocenters. The third-order valence-corrected chi connectivity index (χ3v) is 2.32. The SMILES string of the molecule is COCC(O)CN(C)C(=O)c1ccccc1O. The summed E-state index contributed by atoms with van der Waals surface area (Å²) in [6, 6.07) is 6.31. The first kappa shape index (κ1) is 13.5. The van der Waals surface area contributed by atoms with Gasteiger partial charge in [0.2, 0.25) is 0 Å². The number of carbonyl (C=O) groups is 1. The number of hydrogen-bond donors (Lipinski definition) is 2. The average molecular weight is 239 g/mol. The Balaban J connectivity index is 2.67.